The van der Waals surface area contributed by atoms with Gasteiger partial charge in [0.1, 0.15) is 11.5 Å². The minimum absolute atomic E-state index is 0.0998. The van der Waals surface area contributed by atoms with Gasteiger partial charge >= 0.3 is 23.9 Å². The molecule has 0 aliphatic heterocycles. The van der Waals surface area contributed by atoms with Crippen molar-refractivity contribution in [1.82, 2.24) is 4.90 Å². The van der Waals surface area contributed by atoms with E-state index in [1.54, 1.807) is 48.5 Å². The number of carbonyl (C=O) groups is 4. The third-order valence-corrected chi connectivity index (χ3v) is 13.0. The van der Waals surface area contributed by atoms with Crippen LogP contribution >= 0.6 is 0 Å². The van der Waals surface area contributed by atoms with Crippen molar-refractivity contribution in [2.24, 2.45) is 11.8 Å². The Hall–Kier alpha value is -3.76. The van der Waals surface area contributed by atoms with Gasteiger partial charge in [0.15, 0.2) is 0 Å². The molecule has 2 aromatic carbocycles. The normalized spacial score (nSPS) is 12.2. The highest BCUT2D eigenvalue weighted by atomic mass is 16.5. The van der Waals surface area contributed by atoms with Crippen LogP contribution in [0.5, 0.6) is 11.5 Å². The van der Waals surface area contributed by atoms with E-state index in [0.717, 1.165) is 135 Å². The molecule has 0 bridgehead atoms. The quantitative estimate of drug-likeness (QED) is 0.0389. The number of nitrogens with zero attached hydrogens (tertiary/aromatic N) is 1. The van der Waals surface area contributed by atoms with Crippen LogP contribution in [0.1, 0.15) is 241 Å². The van der Waals surface area contributed by atoms with E-state index >= 15 is 0 Å². The minimum Gasteiger partial charge on any atom is -0.462 e. The standard InChI is InChI=1S/C58H95NO9/c1-5-9-13-17-19-23-33-49(31-21-15-11-7-3)57(63)67-53-39-35-51(36-40-53)55(61)65-47-29-26-44-59(43-25-28-46-60)45-27-30-48-66-56(62)52-37-41-54(42-38-52)68-58(64)50(32-22-16-12-8-4)34-24-20-18-14-10-6-2/h35-42,49-50,60H,5-34,43-48H2,1-4H3. The molecule has 68 heavy (non-hydrogen) atoms. The van der Waals surface area contributed by atoms with E-state index in [1.165, 1.54) is 64.2 Å². The van der Waals surface area contributed by atoms with Gasteiger partial charge in [0, 0.05) is 6.61 Å². The van der Waals surface area contributed by atoms with E-state index < -0.39 is 11.9 Å². The molecule has 0 aliphatic rings. The van der Waals surface area contributed by atoms with E-state index in [4.69, 9.17) is 18.9 Å². The van der Waals surface area contributed by atoms with Crippen LogP contribution in [-0.2, 0) is 19.1 Å². The Labute approximate surface area is 413 Å². The summed E-state index contributed by atoms with van der Waals surface area (Å²) in [5, 5.41) is 9.35. The Kier molecular flexibility index (Phi) is 36.5. The summed E-state index contributed by atoms with van der Waals surface area (Å²) in [5.41, 5.74) is 0.848. The molecule has 0 saturated heterocycles. The molecule has 0 radical (unpaired) electrons. The maximum absolute atomic E-state index is 13.2. The second-order valence-corrected chi connectivity index (χ2v) is 19.1. The highest BCUT2D eigenvalue weighted by Gasteiger charge is 2.22. The lowest BCUT2D eigenvalue weighted by atomic mass is 9.94. The molecule has 0 heterocycles. The highest BCUT2D eigenvalue weighted by molar-refractivity contribution is 5.90. The van der Waals surface area contributed by atoms with Crippen molar-refractivity contribution in [3.63, 3.8) is 0 Å². The van der Waals surface area contributed by atoms with Crippen molar-refractivity contribution < 1.29 is 43.2 Å². The fourth-order valence-corrected chi connectivity index (χ4v) is 8.61. The van der Waals surface area contributed by atoms with Gasteiger partial charge in [-0.1, -0.05) is 156 Å². The Bertz CT molecular complexity index is 1450. The monoisotopic (exact) mass is 950 g/mol. The largest absolute Gasteiger partial charge is 0.462 e. The summed E-state index contributed by atoms with van der Waals surface area (Å²) >= 11 is 0. The van der Waals surface area contributed by atoms with Crippen molar-refractivity contribution in [2.75, 3.05) is 39.5 Å². The summed E-state index contributed by atoms with van der Waals surface area (Å²) in [7, 11) is 0. The number of ether oxygens (including phenoxy) is 4. The predicted molar refractivity (Wildman–Crippen MR) is 276 cm³/mol. The first kappa shape index (κ1) is 60.4. The second kappa shape index (κ2) is 41.1. The zero-order valence-electron chi connectivity index (χ0n) is 43.4. The van der Waals surface area contributed by atoms with E-state index in [0.29, 0.717) is 48.7 Å². The molecule has 2 rings (SSSR count). The van der Waals surface area contributed by atoms with Gasteiger partial charge in [-0.05, 0) is 132 Å². The van der Waals surface area contributed by atoms with Crippen molar-refractivity contribution in [3.05, 3.63) is 59.7 Å². The zero-order chi connectivity index (χ0) is 49.3. The Morgan fingerprint density at radius 2 is 0.721 bits per heavy atom. The molecule has 0 saturated carbocycles. The van der Waals surface area contributed by atoms with Crippen LogP contribution in [-0.4, -0.2) is 73.3 Å². The molecule has 2 atom stereocenters. The summed E-state index contributed by atoms with van der Waals surface area (Å²) in [4.78, 5) is 54.4. The van der Waals surface area contributed by atoms with Gasteiger partial charge in [-0.15, -0.1) is 0 Å². The maximum atomic E-state index is 13.2. The summed E-state index contributed by atoms with van der Waals surface area (Å²) < 4.78 is 22.8. The van der Waals surface area contributed by atoms with Crippen LogP contribution in [0.15, 0.2) is 48.5 Å². The van der Waals surface area contributed by atoms with Crippen LogP contribution < -0.4 is 9.47 Å². The predicted octanol–water partition coefficient (Wildman–Crippen LogP) is 14.8. The van der Waals surface area contributed by atoms with E-state index in [-0.39, 0.29) is 30.4 Å². The van der Waals surface area contributed by atoms with E-state index in [9.17, 15) is 24.3 Å². The Balaban J connectivity index is 1.74. The summed E-state index contributed by atoms with van der Waals surface area (Å²) in [6.07, 6.45) is 31.5. The number of carbonyl (C=O) groups excluding carboxylic acids is 4. The summed E-state index contributed by atoms with van der Waals surface area (Å²) in [5.74, 6) is -0.439. The lowest BCUT2D eigenvalue weighted by Crippen LogP contribution is -2.28. The molecular formula is C58H95NO9. The van der Waals surface area contributed by atoms with Crippen molar-refractivity contribution >= 4 is 23.9 Å². The van der Waals surface area contributed by atoms with Crippen LogP contribution in [0.3, 0.4) is 0 Å². The van der Waals surface area contributed by atoms with Crippen LogP contribution in [0.4, 0.5) is 0 Å². The zero-order valence-corrected chi connectivity index (χ0v) is 43.4. The minimum atomic E-state index is -0.399. The third kappa shape index (κ3) is 29.3. The van der Waals surface area contributed by atoms with Crippen molar-refractivity contribution in [2.45, 2.75) is 220 Å². The number of rotatable bonds is 44. The Morgan fingerprint density at radius 1 is 0.412 bits per heavy atom. The lowest BCUT2D eigenvalue weighted by molar-refractivity contribution is -0.140. The van der Waals surface area contributed by atoms with E-state index in [2.05, 4.69) is 32.6 Å². The van der Waals surface area contributed by atoms with Crippen LogP contribution in [0.2, 0.25) is 0 Å². The number of benzene rings is 2. The molecule has 0 aliphatic carbocycles. The van der Waals surface area contributed by atoms with Crippen molar-refractivity contribution in [1.29, 1.82) is 0 Å². The summed E-state index contributed by atoms with van der Waals surface area (Å²) in [6.45, 7) is 12.1. The van der Waals surface area contributed by atoms with Gasteiger partial charge in [0.2, 0.25) is 0 Å². The third-order valence-electron chi connectivity index (χ3n) is 13.0. The van der Waals surface area contributed by atoms with Gasteiger partial charge in [-0.2, -0.15) is 0 Å². The lowest BCUT2D eigenvalue weighted by Gasteiger charge is -2.22. The molecule has 2 unspecified atom stereocenters. The molecule has 1 N–H and O–H groups in total. The Morgan fingerprint density at radius 3 is 1.06 bits per heavy atom. The topological polar surface area (TPSA) is 129 Å². The number of aliphatic hydroxyl groups is 1. The fourth-order valence-electron chi connectivity index (χ4n) is 8.61. The number of hydrogen-bond donors (Lipinski definition) is 1. The number of hydrogen-bond acceptors (Lipinski definition) is 10. The van der Waals surface area contributed by atoms with Crippen molar-refractivity contribution in [3.8, 4) is 11.5 Å². The molecule has 0 fully saturated rings. The van der Waals surface area contributed by atoms with Crippen LogP contribution in [0, 0.1) is 11.8 Å². The number of unbranched alkanes of at least 4 members (excludes halogenated alkanes) is 19. The first-order valence-electron chi connectivity index (χ1n) is 27.6. The molecule has 10 nitrogen and oxygen atoms in total. The average molecular weight is 950 g/mol. The average Bonchev–Trinajstić information content (AvgIpc) is 3.34. The van der Waals surface area contributed by atoms with Gasteiger partial charge in [-0.25, -0.2) is 9.59 Å². The molecule has 0 spiro atoms. The fraction of sp³-hybridized carbons (Fsp3) is 0.724. The molecule has 0 amide bonds. The molecular weight excluding hydrogens is 855 g/mol. The summed E-state index contributed by atoms with van der Waals surface area (Å²) in [6, 6.07) is 13.4. The second-order valence-electron chi connectivity index (χ2n) is 19.1. The first-order valence-corrected chi connectivity index (χ1v) is 27.6. The van der Waals surface area contributed by atoms with Gasteiger partial charge in [0.05, 0.1) is 36.2 Å². The van der Waals surface area contributed by atoms with E-state index in [1.807, 2.05) is 0 Å². The molecule has 0 aromatic heterocycles. The SMILES string of the molecule is CCCCCCCCC(CCCCCC)C(=O)Oc1ccc(C(=O)OCCCCN(CCCCO)CCCCOC(=O)c2ccc(OC(=O)C(CCCCCC)CCCCCCCC)cc2)cc1. The van der Waals surface area contributed by atoms with Crippen LogP contribution in [0.25, 0.3) is 0 Å². The van der Waals surface area contributed by atoms with Gasteiger partial charge < -0.3 is 29.0 Å². The molecule has 10 heteroatoms. The number of esters is 4. The first-order chi connectivity index (χ1) is 33.3. The van der Waals surface area contributed by atoms with Gasteiger partial charge in [-0.3, -0.25) is 9.59 Å². The number of aliphatic hydroxyl groups excluding tert-OH is 1. The highest BCUT2D eigenvalue weighted by Crippen LogP contribution is 2.25. The van der Waals surface area contributed by atoms with Gasteiger partial charge in [0.25, 0.3) is 0 Å². The maximum Gasteiger partial charge on any atom is 0.338 e. The molecule has 386 valence electrons. The molecule has 2 aromatic rings. The smallest absolute Gasteiger partial charge is 0.338 e.